The third-order valence-electron chi connectivity index (χ3n) is 3.35. The standard InChI is InChI=1S/C13H14N4O4/c1-5-9-10(17-16-5)12(18)15-11(14-9)8-4-7(6(2)21-8)13(19)20-3/h4,11,14H,1-3H3,(H,15,18)(H,16,17). The zero-order valence-corrected chi connectivity index (χ0v) is 11.7. The quantitative estimate of drug-likeness (QED) is 0.718. The molecule has 3 heterocycles. The van der Waals surface area contributed by atoms with Gasteiger partial charge in [-0.15, -0.1) is 0 Å². The van der Waals surface area contributed by atoms with Crippen molar-refractivity contribution in [3.63, 3.8) is 0 Å². The third-order valence-corrected chi connectivity index (χ3v) is 3.35. The number of nitrogens with zero attached hydrogens (tertiary/aromatic N) is 1. The highest BCUT2D eigenvalue weighted by molar-refractivity contribution is 6.00. The molecular formula is C13H14N4O4. The maximum absolute atomic E-state index is 12.0. The Kier molecular flexibility index (Phi) is 2.93. The van der Waals surface area contributed by atoms with Gasteiger partial charge in [0.05, 0.1) is 18.5 Å². The van der Waals surface area contributed by atoms with Gasteiger partial charge in [0.25, 0.3) is 5.91 Å². The van der Waals surface area contributed by atoms with Crippen molar-refractivity contribution in [1.29, 1.82) is 0 Å². The first-order chi connectivity index (χ1) is 10.0. The SMILES string of the molecule is COC(=O)c1cc(C2NC(=O)c3n[nH]c(C)c3N2)oc1C. The molecule has 2 aromatic rings. The molecule has 0 radical (unpaired) electrons. The Morgan fingerprint density at radius 1 is 1.38 bits per heavy atom. The molecule has 8 nitrogen and oxygen atoms in total. The molecular weight excluding hydrogens is 276 g/mol. The summed E-state index contributed by atoms with van der Waals surface area (Å²) in [7, 11) is 1.30. The summed E-state index contributed by atoms with van der Waals surface area (Å²) in [6.07, 6.45) is -0.571. The van der Waals surface area contributed by atoms with Crippen LogP contribution in [0.15, 0.2) is 10.5 Å². The van der Waals surface area contributed by atoms with Crippen LogP contribution in [0, 0.1) is 13.8 Å². The number of methoxy groups -OCH3 is 1. The summed E-state index contributed by atoms with van der Waals surface area (Å²) in [5.41, 5.74) is 2.01. The van der Waals surface area contributed by atoms with Crippen LogP contribution in [0.3, 0.4) is 0 Å². The molecule has 21 heavy (non-hydrogen) atoms. The molecule has 0 saturated carbocycles. The van der Waals surface area contributed by atoms with Crippen molar-refractivity contribution in [2.45, 2.75) is 20.0 Å². The normalized spacial score (nSPS) is 16.9. The fraction of sp³-hybridized carbons (Fsp3) is 0.308. The molecule has 0 saturated heterocycles. The molecule has 3 rings (SSSR count). The van der Waals surface area contributed by atoms with Gasteiger partial charge in [0.2, 0.25) is 0 Å². The van der Waals surface area contributed by atoms with E-state index in [-0.39, 0.29) is 5.91 Å². The number of aromatic nitrogens is 2. The van der Waals surface area contributed by atoms with Crippen molar-refractivity contribution < 1.29 is 18.7 Å². The monoisotopic (exact) mass is 290 g/mol. The van der Waals surface area contributed by atoms with E-state index in [1.165, 1.54) is 7.11 Å². The number of aryl methyl sites for hydroxylation is 2. The molecule has 0 bridgehead atoms. The van der Waals surface area contributed by atoms with Gasteiger partial charge >= 0.3 is 5.97 Å². The molecule has 1 amide bonds. The first-order valence-corrected chi connectivity index (χ1v) is 6.32. The summed E-state index contributed by atoms with van der Waals surface area (Å²) in [4.78, 5) is 23.6. The van der Waals surface area contributed by atoms with Crippen LogP contribution >= 0.6 is 0 Å². The number of H-pyrrole nitrogens is 1. The molecule has 0 spiro atoms. The summed E-state index contributed by atoms with van der Waals surface area (Å²) >= 11 is 0. The van der Waals surface area contributed by atoms with Crippen LogP contribution < -0.4 is 10.6 Å². The van der Waals surface area contributed by atoms with Gasteiger partial charge in [-0.05, 0) is 19.9 Å². The van der Waals surface area contributed by atoms with Gasteiger partial charge < -0.3 is 19.8 Å². The molecule has 2 aromatic heterocycles. The average molecular weight is 290 g/mol. The number of aromatic amines is 1. The van der Waals surface area contributed by atoms with Gasteiger partial charge in [-0.3, -0.25) is 9.89 Å². The predicted molar refractivity (Wildman–Crippen MR) is 71.9 cm³/mol. The number of furan rings is 1. The first kappa shape index (κ1) is 13.2. The lowest BCUT2D eigenvalue weighted by Gasteiger charge is -2.23. The summed E-state index contributed by atoms with van der Waals surface area (Å²) in [5, 5.41) is 12.5. The number of ether oxygens (including phenoxy) is 1. The van der Waals surface area contributed by atoms with E-state index in [1.54, 1.807) is 13.0 Å². The van der Waals surface area contributed by atoms with Crippen LogP contribution in [-0.4, -0.2) is 29.2 Å². The van der Waals surface area contributed by atoms with Crippen molar-refractivity contribution >= 4 is 17.6 Å². The van der Waals surface area contributed by atoms with Gasteiger partial charge in [-0.1, -0.05) is 0 Å². The third kappa shape index (κ3) is 2.04. The Morgan fingerprint density at radius 3 is 2.86 bits per heavy atom. The van der Waals surface area contributed by atoms with Gasteiger partial charge in [0.1, 0.15) is 17.1 Å². The number of hydrogen-bond acceptors (Lipinski definition) is 6. The minimum Gasteiger partial charge on any atom is -0.465 e. The second-order valence-corrected chi connectivity index (χ2v) is 4.73. The van der Waals surface area contributed by atoms with Crippen molar-refractivity contribution in [3.8, 4) is 0 Å². The molecule has 0 aliphatic carbocycles. The molecule has 110 valence electrons. The van der Waals surface area contributed by atoms with E-state index in [0.29, 0.717) is 28.5 Å². The Bertz CT molecular complexity index is 731. The largest absolute Gasteiger partial charge is 0.465 e. The van der Waals surface area contributed by atoms with Crippen molar-refractivity contribution in [3.05, 3.63) is 34.5 Å². The number of nitrogens with one attached hydrogen (secondary N) is 3. The summed E-state index contributed by atoms with van der Waals surface area (Å²) < 4.78 is 10.2. The van der Waals surface area contributed by atoms with Gasteiger partial charge in [-0.2, -0.15) is 5.10 Å². The predicted octanol–water partition coefficient (Wildman–Crippen LogP) is 1.26. The number of hydrogen-bond donors (Lipinski definition) is 3. The topological polar surface area (TPSA) is 109 Å². The van der Waals surface area contributed by atoms with E-state index in [9.17, 15) is 9.59 Å². The van der Waals surface area contributed by atoms with Crippen LogP contribution in [-0.2, 0) is 4.74 Å². The fourth-order valence-corrected chi connectivity index (χ4v) is 2.25. The van der Waals surface area contributed by atoms with E-state index in [2.05, 4.69) is 25.6 Å². The summed E-state index contributed by atoms with van der Waals surface area (Å²) in [5.74, 6) is 0.0618. The molecule has 1 aliphatic heterocycles. The maximum atomic E-state index is 12.0. The maximum Gasteiger partial charge on any atom is 0.341 e. The van der Waals surface area contributed by atoms with E-state index in [4.69, 9.17) is 4.42 Å². The zero-order chi connectivity index (χ0) is 15.1. The van der Waals surface area contributed by atoms with Gasteiger partial charge in [0, 0.05) is 0 Å². The number of carbonyl (C=O) groups excluding carboxylic acids is 2. The van der Waals surface area contributed by atoms with Crippen molar-refractivity contribution in [2.75, 3.05) is 12.4 Å². The van der Waals surface area contributed by atoms with Crippen LogP contribution in [0.25, 0.3) is 0 Å². The van der Waals surface area contributed by atoms with E-state index in [1.807, 2.05) is 6.92 Å². The van der Waals surface area contributed by atoms with Crippen LogP contribution in [0.2, 0.25) is 0 Å². The second kappa shape index (κ2) is 4.65. The Morgan fingerprint density at radius 2 is 2.14 bits per heavy atom. The fourth-order valence-electron chi connectivity index (χ4n) is 2.25. The van der Waals surface area contributed by atoms with Gasteiger partial charge in [-0.25, -0.2) is 4.79 Å². The minimum absolute atomic E-state index is 0.306. The summed E-state index contributed by atoms with van der Waals surface area (Å²) in [6.45, 7) is 3.47. The number of fused-ring (bicyclic) bond motifs is 1. The minimum atomic E-state index is -0.571. The zero-order valence-electron chi connectivity index (χ0n) is 11.7. The van der Waals surface area contributed by atoms with E-state index >= 15 is 0 Å². The Labute approximate surface area is 119 Å². The molecule has 8 heteroatoms. The van der Waals surface area contributed by atoms with Crippen molar-refractivity contribution in [2.24, 2.45) is 0 Å². The number of anilines is 1. The highest BCUT2D eigenvalue weighted by Crippen LogP contribution is 2.29. The number of rotatable bonds is 2. The van der Waals surface area contributed by atoms with E-state index < -0.39 is 12.1 Å². The highest BCUT2D eigenvalue weighted by atomic mass is 16.5. The molecule has 0 fully saturated rings. The highest BCUT2D eigenvalue weighted by Gasteiger charge is 2.31. The smallest absolute Gasteiger partial charge is 0.341 e. The van der Waals surface area contributed by atoms with E-state index in [0.717, 1.165) is 5.69 Å². The lowest BCUT2D eigenvalue weighted by molar-refractivity contribution is 0.0598. The van der Waals surface area contributed by atoms with Gasteiger partial charge in [0.15, 0.2) is 11.9 Å². The molecule has 1 atom stereocenters. The second-order valence-electron chi connectivity index (χ2n) is 4.73. The average Bonchev–Trinajstić information content (AvgIpc) is 3.02. The molecule has 1 unspecified atom stereocenters. The molecule has 0 aromatic carbocycles. The number of amides is 1. The summed E-state index contributed by atoms with van der Waals surface area (Å²) in [6, 6.07) is 1.56. The Balaban J connectivity index is 1.94. The van der Waals surface area contributed by atoms with Crippen molar-refractivity contribution in [1.82, 2.24) is 15.5 Å². The van der Waals surface area contributed by atoms with Crippen LogP contribution in [0.5, 0.6) is 0 Å². The van der Waals surface area contributed by atoms with Crippen LogP contribution in [0.1, 0.15) is 44.2 Å². The molecule has 3 N–H and O–H groups in total. The lowest BCUT2D eigenvalue weighted by Crippen LogP contribution is -2.38. The van der Waals surface area contributed by atoms with Crippen LogP contribution in [0.4, 0.5) is 5.69 Å². The Hall–Kier alpha value is -2.77. The number of esters is 1. The number of carbonyl (C=O) groups is 2. The first-order valence-electron chi connectivity index (χ1n) is 6.32. The molecule has 1 aliphatic rings. The lowest BCUT2D eigenvalue weighted by atomic mass is 10.2.